The van der Waals surface area contributed by atoms with Gasteiger partial charge in [0.2, 0.25) is 6.08 Å². The number of halogens is 2. The molecule has 1 N–H and O–H groups in total. The molecule has 0 saturated heterocycles. The molecule has 0 aromatic carbocycles. The molecule has 1 aliphatic heterocycles. The Hall–Kier alpha value is -0.720. The van der Waals surface area contributed by atoms with Crippen molar-refractivity contribution < 1.29 is 9.38 Å². The van der Waals surface area contributed by atoms with Crippen LogP contribution in [0, 0.1) is 6.08 Å². The van der Waals surface area contributed by atoms with E-state index in [1.807, 2.05) is 0 Å². The Balaban J connectivity index is 2.89. The van der Waals surface area contributed by atoms with Gasteiger partial charge in [-0.1, -0.05) is 0 Å². The lowest BCUT2D eigenvalue weighted by Crippen LogP contribution is -2.65. The van der Waals surface area contributed by atoms with Gasteiger partial charge in [0.25, 0.3) is 5.03 Å². The van der Waals surface area contributed by atoms with E-state index < -0.39 is 5.97 Å². The summed E-state index contributed by atoms with van der Waals surface area (Å²) < 4.78 is 12.0. The molecule has 0 fully saturated rings. The van der Waals surface area contributed by atoms with E-state index in [-0.39, 0.29) is 5.03 Å². The highest BCUT2D eigenvalue weighted by molar-refractivity contribution is 6.31. The highest BCUT2D eigenvalue weighted by Crippen LogP contribution is 2.01. The van der Waals surface area contributed by atoms with Gasteiger partial charge in [-0.25, -0.2) is 0 Å². The Morgan fingerprint density at radius 3 is 2.88 bits per heavy atom. The summed E-state index contributed by atoms with van der Waals surface area (Å²) in [7, 11) is 0. The highest BCUT2D eigenvalue weighted by Gasteiger charge is 2.14. The average molecular weight is 132 g/mol. The second-order valence-electron chi connectivity index (χ2n) is 1.27. The van der Waals surface area contributed by atoms with Gasteiger partial charge in [-0.2, -0.15) is 0 Å². The average Bonchev–Trinajstić information content (AvgIpc) is 1.64. The maximum Gasteiger partial charge on any atom is 0.448 e. The first kappa shape index (κ1) is 5.42. The zero-order chi connectivity index (χ0) is 5.98. The van der Waals surface area contributed by atoms with Crippen LogP contribution >= 0.6 is 11.6 Å². The van der Waals surface area contributed by atoms with E-state index in [1.165, 1.54) is 6.20 Å². The summed E-state index contributed by atoms with van der Waals surface area (Å²) in [5.41, 5.74) is 0. The first-order valence-corrected chi connectivity index (χ1v) is 2.41. The van der Waals surface area contributed by atoms with Crippen LogP contribution in [-0.4, -0.2) is 5.97 Å². The topological polar surface area (TPSA) is 14.0 Å². The molecule has 0 bridgehead atoms. The summed E-state index contributed by atoms with van der Waals surface area (Å²) in [6.07, 6.45) is 5.01. The van der Waals surface area contributed by atoms with Gasteiger partial charge in [-0.3, -0.25) is 0 Å². The summed E-state index contributed by atoms with van der Waals surface area (Å²) in [5.74, 6) is -0.450. The van der Waals surface area contributed by atoms with E-state index >= 15 is 0 Å². The van der Waals surface area contributed by atoms with Crippen molar-refractivity contribution >= 4 is 17.6 Å². The van der Waals surface area contributed by atoms with E-state index in [4.69, 9.17) is 11.6 Å². The molecule has 1 heterocycles. The minimum atomic E-state index is -0.450. The first-order valence-electron chi connectivity index (χ1n) is 2.03. The van der Waals surface area contributed by atoms with Gasteiger partial charge in [0.15, 0.2) is 6.08 Å². The van der Waals surface area contributed by atoms with Crippen molar-refractivity contribution in [1.82, 2.24) is 0 Å². The van der Waals surface area contributed by atoms with Crippen molar-refractivity contribution in [3.05, 3.63) is 23.4 Å². The molecule has 1 rings (SSSR count). The third-order valence-corrected chi connectivity index (χ3v) is 0.892. The van der Waals surface area contributed by atoms with Crippen LogP contribution < -0.4 is 4.99 Å². The Kier molecular flexibility index (Phi) is 1.38. The van der Waals surface area contributed by atoms with Crippen molar-refractivity contribution in [3.8, 4) is 0 Å². The molecule has 40 valence electrons. The standard InChI is InChI=1S/C5H2ClFN/c6-4-1-2-8-5(7)3-4/h2-3H/q+1/p+1. The molecular formula is C5H3ClFN+2. The molecule has 0 amide bonds. The quantitative estimate of drug-likeness (QED) is 0.441. The molecule has 0 saturated carbocycles. The Morgan fingerprint density at radius 1 is 1.75 bits per heavy atom. The molecule has 0 aromatic heterocycles. The van der Waals surface area contributed by atoms with Crippen LogP contribution in [0.2, 0.25) is 0 Å². The fraction of sp³-hybridized carbons (Fsp3) is 0. The second kappa shape index (κ2) is 2.03. The van der Waals surface area contributed by atoms with Gasteiger partial charge in [0.05, 0.1) is 0 Å². The van der Waals surface area contributed by atoms with Crippen LogP contribution in [-0.2, 0) is 0 Å². The largest absolute Gasteiger partial charge is 0.448 e. The first-order chi connectivity index (χ1) is 3.79. The molecule has 0 aromatic rings. The van der Waals surface area contributed by atoms with Crippen molar-refractivity contribution in [2.45, 2.75) is 0 Å². The molecule has 0 unspecified atom stereocenters. The molecule has 8 heavy (non-hydrogen) atoms. The monoisotopic (exact) mass is 131 g/mol. The molecule has 1 aliphatic rings. The Morgan fingerprint density at radius 2 is 2.50 bits per heavy atom. The normalized spacial score (nSPS) is 16.8. The predicted octanol–water partition coefficient (Wildman–Crippen LogP) is -0.112. The fourth-order valence-corrected chi connectivity index (χ4v) is 0.519. The van der Waals surface area contributed by atoms with Crippen LogP contribution in [0.1, 0.15) is 0 Å². The van der Waals surface area contributed by atoms with E-state index in [0.29, 0.717) is 0 Å². The van der Waals surface area contributed by atoms with E-state index in [9.17, 15) is 4.39 Å². The summed E-state index contributed by atoms with van der Waals surface area (Å²) >= 11 is 5.33. The van der Waals surface area contributed by atoms with Crippen LogP contribution in [0.5, 0.6) is 0 Å². The van der Waals surface area contributed by atoms with Gasteiger partial charge in [-0.05, 0) is 11.6 Å². The lowest BCUT2D eigenvalue weighted by molar-refractivity contribution is -0.380. The van der Waals surface area contributed by atoms with Gasteiger partial charge < -0.3 is 0 Å². The number of rotatable bonds is 0. The summed E-state index contributed by atoms with van der Waals surface area (Å²) in [5, 5.41) is 0.279. The van der Waals surface area contributed by atoms with Crippen LogP contribution in [0.3, 0.4) is 0 Å². The molecule has 0 spiro atoms. The third kappa shape index (κ3) is 1.12. The van der Waals surface area contributed by atoms with Crippen molar-refractivity contribution in [2.75, 3.05) is 0 Å². The minimum Gasteiger partial charge on any atom is -0.141 e. The SMILES string of the molecule is FC1=[NH+]C=[C+]C(Cl)=C1. The number of hydrogen-bond donors (Lipinski definition) is 1. The Labute approximate surface area is 51.2 Å². The fourth-order valence-electron chi connectivity index (χ4n) is 0.369. The van der Waals surface area contributed by atoms with Gasteiger partial charge in [0.1, 0.15) is 0 Å². The number of hydrogen-bond acceptors (Lipinski definition) is 0. The third-order valence-electron chi connectivity index (χ3n) is 0.674. The second-order valence-corrected chi connectivity index (χ2v) is 1.68. The van der Waals surface area contributed by atoms with Crippen LogP contribution in [0.4, 0.5) is 4.39 Å². The zero-order valence-electron chi connectivity index (χ0n) is 3.91. The minimum absolute atomic E-state index is 0.279. The summed E-state index contributed by atoms with van der Waals surface area (Å²) in [6.45, 7) is 0. The molecule has 3 heteroatoms. The molecule has 1 nitrogen and oxygen atoms in total. The highest BCUT2D eigenvalue weighted by atomic mass is 35.5. The maximum absolute atomic E-state index is 12.0. The van der Waals surface area contributed by atoms with Gasteiger partial charge >= 0.3 is 12.2 Å². The summed E-state index contributed by atoms with van der Waals surface area (Å²) in [6, 6.07) is 0. The summed E-state index contributed by atoms with van der Waals surface area (Å²) in [4.78, 5) is 2.27. The van der Waals surface area contributed by atoms with E-state index in [2.05, 4.69) is 11.1 Å². The van der Waals surface area contributed by atoms with Gasteiger partial charge in [-0.15, -0.1) is 9.38 Å². The lowest BCUT2D eigenvalue weighted by atomic mass is 10.4. The Bertz CT molecular complexity index is 178. The van der Waals surface area contributed by atoms with E-state index in [1.54, 1.807) is 0 Å². The maximum atomic E-state index is 12.0. The number of allylic oxidation sites excluding steroid dienone is 3. The van der Waals surface area contributed by atoms with Crippen molar-refractivity contribution in [3.63, 3.8) is 0 Å². The van der Waals surface area contributed by atoms with Gasteiger partial charge in [0, 0.05) is 0 Å². The van der Waals surface area contributed by atoms with E-state index in [0.717, 1.165) is 6.08 Å². The molecule has 0 aliphatic carbocycles. The smallest absolute Gasteiger partial charge is 0.141 e. The molecular weight excluding hydrogens is 129 g/mol. The van der Waals surface area contributed by atoms with Crippen LogP contribution in [0.25, 0.3) is 0 Å². The molecule has 0 radical (unpaired) electrons. The number of nitrogens with one attached hydrogen (secondary N) is 1. The predicted molar refractivity (Wildman–Crippen MR) is 28.8 cm³/mol. The zero-order valence-corrected chi connectivity index (χ0v) is 4.67. The van der Waals surface area contributed by atoms with Crippen LogP contribution in [0.15, 0.2) is 17.3 Å². The van der Waals surface area contributed by atoms with Crippen molar-refractivity contribution in [2.24, 2.45) is 0 Å². The lowest BCUT2D eigenvalue weighted by Gasteiger charge is -1.72. The molecule has 0 atom stereocenters. The van der Waals surface area contributed by atoms with Crippen molar-refractivity contribution in [1.29, 1.82) is 0 Å².